The number of rotatable bonds is 4. The molecule has 0 aliphatic heterocycles. The Labute approximate surface area is 97.0 Å². The van der Waals surface area contributed by atoms with E-state index in [9.17, 15) is 0 Å². The molecule has 6 nitrogen and oxygen atoms in total. The summed E-state index contributed by atoms with van der Waals surface area (Å²) in [7, 11) is 0. The highest BCUT2D eigenvalue weighted by molar-refractivity contribution is 7.09. The molecule has 0 radical (unpaired) electrons. The Balaban J connectivity index is 2.31. The summed E-state index contributed by atoms with van der Waals surface area (Å²) in [6.07, 6.45) is 1.87. The van der Waals surface area contributed by atoms with Crippen LogP contribution in [-0.2, 0) is 6.42 Å². The Hall–Kier alpha value is -1.34. The number of nitrogens with two attached hydrogens (primary N) is 1. The molecule has 0 amide bonds. The summed E-state index contributed by atoms with van der Waals surface area (Å²) in [6.45, 7) is 3.89. The average Bonchev–Trinajstić information content (AvgIpc) is 2.84. The van der Waals surface area contributed by atoms with Crippen molar-refractivity contribution in [1.29, 1.82) is 0 Å². The van der Waals surface area contributed by atoms with Crippen LogP contribution in [0.15, 0.2) is 4.42 Å². The zero-order valence-electron chi connectivity index (χ0n) is 9.17. The van der Waals surface area contributed by atoms with Crippen molar-refractivity contribution < 1.29 is 4.42 Å². The van der Waals surface area contributed by atoms with E-state index >= 15 is 0 Å². The van der Waals surface area contributed by atoms with E-state index in [0.29, 0.717) is 11.8 Å². The normalized spacial score (nSPS) is 12.9. The van der Waals surface area contributed by atoms with Crippen molar-refractivity contribution in [2.75, 3.05) is 0 Å². The highest BCUT2D eigenvalue weighted by Crippen LogP contribution is 2.26. The number of nitrogens with zero attached hydrogens (tertiary/aromatic N) is 4. The van der Waals surface area contributed by atoms with E-state index in [1.165, 1.54) is 11.5 Å². The summed E-state index contributed by atoms with van der Waals surface area (Å²) in [5.74, 6) is 0.900. The molecular weight excluding hydrogens is 226 g/mol. The van der Waals surface area contributed by atoms with E-state index in [1.54, 1.807) is 6.92 Å². The lowest BCUT2D eigenvalue weighted by Gasteiger charge is -1.95. The zero-order chi connectivity index (χ0) is 11.5. The maximum absolute atomic E-state index is 5.65. The zero-order valence-corrected chi connectivity index (χ0v) is 9.99. The molecule has 0 saturated heterocycles. The van der Waals surface area contributed by atoms with Crippen LogP contribution in [-0.4, -0.2) is 19.8 Å². The smallest absolute Gasteiger partial charge is 0.261 e. The molecule has 0 fully saturated rings. The average molecular weight is 239 g/mol. The maximum atomic E-state index is 5.65. The van der Waals surface area contributed by atoms with Crippen molar-refractivity contribution in [3.05, 3.63) is 11.6 Å². The molecule has 16 heavy (non-hydrogen) atoms. The second kappa shape index (κ2) is 4.67. The molecule has 0 saturated carbocycles. The van der Waals surface area contributed by atoms with Crippen LogP contribution in [0.1, 0.15) is 37.9 Å². The number of hydrogen-bond donors (Lipinski definition) is 1. The summed E-state index contributed by atoms with van der Waals surface area (Å²) in [6, 6.07) is -0.253. The summed E-state index contributed by atoms with van der Waals surface area (Å²) < 4.78 is 9.36. The van der Waals surface area contributed by atoms with Gasteiger partial charge in [-0.2, -0.15) is 0 Å². The molecule has 2 aromatic rings. The first-order valence-corrected chi connectivity index (χ1v) is 5.90. The Morgan fingerprint density at radius 1 is 1.38 bits per heavy atom. The van der Waals surface area contributed by atoms with Gasteiger partial charge in [-0.25, -0.2) is 0 Å². The van der Waals surface area contributed by atoms with Gasteiger partial charge in [0.2, 0.25) is 5.89 Å². The molecule has 0 aliphatic rings. The molecule has 0 bridgehead atoms. The Bertz CT molecular complexity index is 464. The van der Waals surface area contributed by atoms with Crippen molar-refractivity contribution in [1.82, 2.24) is 19.8 Å². The van der Waals surface area contributed by atoms with Gasteiger partial charge in [-0.05, 0) is 24.9 Å². The predicted octanol–water partition coefficient (Wildman–Crippen LogP) is 1.56. The molecule has 1 atom stereocenters. The van der Waals surface area contributed by atoms with Gasteiger partial charge < -0.3 is 10.2 Å². The molecule has 2 N–H and O–H groups in total. The van der Waals surface area contributed by atoms with E-state index in [1.807, 2.05) is 0 Å². The number of aromatic nitrogens is 4. The van der Waals surface area contributed by atoms with E-state index in [2.05, 4.69) is 26.7 Å². The highest BCUT2D eigenvalue weighted by atomic mass is 32.1. The molecule has 1 unspecified atom stereocenters. The quantitative estimate of drug-likeness (QED) is 0.870. The van der Waals surface area contributed by atoms with Gasteiger partial charge in [-0.3, -0.25) is 0 Å². The van der Waals surface area contributed by atoms with Crippen molar-refractivity contribution in [3.63, 3.8) is 0 Å². The van der Waals surface area contributed by atoms with Crippen LogP contribution in [0.4, 0.5) is 0 Å². The molecule has 2 rings (SSSR count). The monoisotopic (exact) mass is 239 g/mol. The minimum absolute atomic E-state index is 0.253. The van der Waals surface area contributed by atoms with Crippen LogP contribution in [0, 0.1) is 0 Å². The van der Waals surface area contributed by atoms with Gasteiger partial charge >= 0.3 is 0 Å². The molecule has 0 spiro atoms. The Morgan fingerprint density at radius 3 is 2.81 bits per heavy atom. The van der Waals surface area contributed by atoms with Crippen molar-refractivity contribution in [2.45, 2.75) is 32.7 Å². The SMILES string of the molecule is CCCc1nnsc1-c1nnc(C(C)N)o1. The number of aryl methyl sites for hydroxylation is 1. The van der Waals surface area contributed by atoms with Crippen molar-refractivity contribution in [3.8, 4) is 10.8 Å². The third-order valence-corrected chi connectivity index (χ3v) is 2.82. The summed E-state index contributed by atoms with van der Waals surface area (Å²) in [5.41, 5.74) is 6.56. The second-order valence-electron chi connectivity index (χ2n) is 3.53. The Morgan fingerprint density at radius 2 is 2.19 bits per heavy atom. The third-order valence-electron chi connectivity index (χ3n) is 2.07. The van der Waals surface area contributed by atoms with Gasteiger partial charge in [0.1, 0.15) is 4.88 Å². The molecule has 7 heteroatoms. The third kappa shape index (κ3) is 2.10. The summed E-state index contributed by atoms with van der Waals surface area (Å²) >= 11 is 1.27. The number of hydrogen-bond acceptors (Lipinski definition) is 7. The minimum atomic E-state index is -0.253. The molecule has 0 aliphatic carbocycles. The minimum Gasteiger partial charge on any atom is -0.418 e. The first kappa shape index (κ1) is 11.2. The first-order valence-electron chi connectivity index (χ1n) is 5.13. The van der Waals surface area contributed by atoms with Crippen molar-refractivity contribution >= 4 is 11.5 Å². The van der Waals surface area contributed by atoms with Crippen LogP contribution in [0.2, 0.25) is 0 Å². The fourth-order valence-corrected chi connectivity index (χ4v) is 1.91. The Kier molecular flexibility index (Phi) is 3.25. The van der Waals surface area contributed by atoms with Crippen molar-refractivity contribution in [2.24, 2.45) is 5.73 Å². The maximum Gasteiger partial charge on any atom is 0.261 e. The molecule has 0 aromatic carbocycles. The largest absolute Gasteiger partial charge is 0.418 e. The molecular formula is C9H13N5OS. The lowest BCUT2D eigenvalue weighted by molar-refractivity contribution is 0.473. The fraction of sp³-hybridized carbons (Fsp3) is 0.556. The molecule has 86 valence electrons. The van der Waals surface area contributed by atoms with Gasteiger partial charge in [-0.15, -0.1) is 15.3 Å². The highest BCUT2D eigenvalue weighted by Gasteiger charge is 2.17. The lowest BCUT2D eigenvalue weighted by Crippen LogP contribution is -2.04. The van der Waals surface area contributed by atoms with Gasteiger partial charge in [0.15, 0.2) is 0 Å². The topological polar surface area (TPSA) is 90.7 Å². The van der Waals surface area contributed by atoms with E-state index in [0.717, 1.165) is 23.4 Å². The standard InChI is InChI=1S/C9H13N5OS/c1-3-4-6-7(16-14-11-6)9-13-12-8(15-9)5(2)10/h5H,3-4,10H2,1-2H3. The van der Waals surface area contributed by atoms with E-state index in [4.69, 9.17) is 10.2 Å². The van der Waals surface area contributed by atoms with Gasteiger partial charge in [-0.1, -0.05) is 17.8 Å². The summed E-state index contributed by atoms with van der Waals surface area (Å²) in [4.78, 5) is 0.848. The van der Waals surface area contributed by atoms with E-state index in [-0.39, 0.29) is 6.04 Å². The van der Waals surface area contributed by atoms with Crippen LogP contribution < -0.4 is 5.73 Å². The first-order chi connectivity index (χ1) is 7.72. The summed E-state index contributed by atoms with van der Waals surface area (Å²) in [5, 5.41) is 11.9. The second-order valence-corrected chi connectivity index (χ2v) is 4.29. The van der Waals surface area contributed by atoms with Gasteiger partial charge in [0, 0.05) is 0 Å². The molecule has 2 aromatic heterocycles. The van der Waals surface area contributed by atoms with Crippen LogP contribution in [0.25, 0.3) is 10.8 Å². The van der Waals surface area contributed by atoms with Crippen LogP contribution in [0.5, 0.6) is 0 Å². The fourth-order valence-electron chi connectivity index (χ4n) is 1.28. The molecule has 2 heterocycles. The van der Waals surface area contributed by atoms with Crippen LogP contribution in [0.3, 0.4) is 0 Å². The van der Waals surface area contributed by atoms with Crippen LogP contribution >= 0.6 is 11.5 Å². The lowest BCUT2D eigenvalue weighted by atomic mass is 10.2. The predicted molar refractivity (Wildman–Crippen MR) is 59.8 cm³/mol. The van der Waals surface area contributed by atoms with Gasteiger partial charge in [0.25, 0.3) is 5.89 Å². The van der Waals surface area contributed by atoms with Gasteiger partial charge in [0.05, 0.1) is 11.7 Å². The van der Waals surface area contributed by atoms with E-state index < -0.39 is 0 Å².